The van der Waals surface area contributed by atoms with Crippen LogP contribution in [0.2, 0.25) is 0 Å². The molecule has 6 nitrogen and oxygen atoms in total. The number of rotatable bonds is 10. The molecular formula is C22H23N3O3. The number of carboxylic acids is 1. The number of benzene rings is 2. The standard InChI is InChI=1S/C22H23N3O3/c26-20(27)16-28-14-8-7-13-23-19-15-24-21(17-9-3-1-4-10-17)22(25-19)18-11-5-2-6-12-18/h1-6,9-12,15H,7-8,13-14,16H2,(H,23,25)(H,26,27). The van der Waals surface area contributed by atoms with Gasteiger partial charge in [0.1, 0.15) is 12.4 Å². The van der Waals surface area contributed by atoms with Gasteiger partial charge in [-0.2, -0.15) is 0 Å². The number of carbonyl (C=O) groups is 1. The molecule has 0 aliphatic rings. The first-order chi connectivity index (χ1) is 13.7. The summed E-state index contributed by atoms with van der Waals surface area (Å²) in [6.45, 7) is 0.895. The van der Waals surface area contributed by atoms with Crippen molar-refractivity contribution in [1.29, 1.82) is 0 Å². The third-order valence-electron chi connectivity index (χ3n) is 4.11. The first-order valence-corrected chi connectivity index (χ1v) is 9.25. The molecule has 0 saturated carbocycles. The van der Waals surface area contributed by atoms with Crippen LogP contribution in [0.15, 0.2) is 66.9 Å². The second kappa shape index (κ2) is 10.2. The molecule has 0 spiro atoms. The topological polar surface area (TPSA) is 84.3 Å². The quantitative estimate of drug-likeness (QED) is 0.518. The number of unbranched alkanes of at least 4 members (excludes halogenated alkanes) is 1. The molecule has 0 atom stereocenters. The fourth-order valence-corrected chi connectivity index (χ4v) is 2.78. The van der Waals surface area contributed by atoms with E-state index in [-0.39, 0.29) is 6.61 Å². The van der Waals surface area contributed by atoms with Gasteiger partial charge in [0.2, 0.25) is 0 Å². The number of ether oxygens (including phenoxy) is 1. The summed E-state index contributed by atoms with van der Waals surface area (Å²) in [5.41, 5.74) is 3.72. The minimum Gasteiger partial charge on any atom is -0.480 e. The Bertz CT molecular complexity index is 886. The number of anilines is 1. The maximum absolute atomic E-state index is 10.4. The van der Waals surface area contributed by atoms with E-state index in [2.05, 4.69) is 10.3 Å². The van der Waals surface area contributed by atoms with Crippen LogP contribution in [0.1, 0.15) is 12.8 Å². The van der Waals surface area contributed by atoms with Crippen molar-refractivity contribution in [1.82, 2.24) is 9.97 Å². The highest BCUT2D eigenvalue weighted by molar-refractivity contribution is 5.78. The summed E-state index contributed by atoms with van der Waals surface area (Å²) in [4.78, 5) is 19.9. The van der Waals surface area contributed by atoms with Crippen LogP contribution in [-0.2, 0) is 9.53 Å². The fraction of sp³-hybridized carbons (Fsp3) is 0.227. The van der Waals surface area contributed by atoms with E-state index in [4.69, 9.17) is 14.8 Å². The highest BCUT2D eigenvalue weighted by Crippen LogP contribution is 2.29. The number of hydrogen-bond donors (Lipinski definition) is 2. The van der Waals surface area contributed by atoms with E-state index in [9.17, 15) is 4.79 Å². The monoisotopic (exact) mass is 377 g/mol. The van der Waals surface area contributed by atoms with E-state index in [1.165, 1.54) is 0 Å². The molecule has 1 aromatic heterocycles. The van der Waals surface area contributed by atoms with Gasteiger partial charge in [0.05, 0.1) is 17.6 Å². The number of carboxylic acid groups (broad SMARTS) is 1. The second-order valence-corrected chi connectivity index (χ2v) is 6.26. The number of nitrogens with one attached hydrogen (secondary N) is 1. The predicted molar refractivity (Wildman–Crippen MR) is 109 cm³/mol. The molecule has 0 fully saturated rings. The molecule has 3 rings (SSSR count). The molecule has 0 bridgehead atoms. The summed E-state index contributed by atoms with van der Waals surface area (Å²) in [6.07, 6.45) is 3.37. The number of nitrogens with zero attached hydrogens (tertiary/aromatic N) is 2. The SMILES string of the molecule is O=C(O)COCCCCNc1cnc(-c2ccccc2)c(-c2ccccc2)n1. The zero-order valence-corrected chi connectivity index (χ0v) is 15.5. The molecule has 0 amide bonds. The first-order valence-electron chi connectivity index (χ1n) is 9.25. The molecule has 0 unspecified atom stereocenters. The van der Waals surface area contributed by atoms with Crippen molar-refractivity contribution in [2.75, 3.05) is 25.1 Å². The van der Waals surface area contributed by atoms with Crippen LogP contribution in [-0.4, -0.2) is 40.8 Å². The fourth-order valence-electron chi connectivity index (χ4n) is 2.78. The van der Waals surface area contributed by atoms with E-state index in [1.54, 1.807) is 6.20 Å². The van der Waals surface area contributed by atoms with Crippen LogP contribution in [0.25, 0.3) is 22.5 Å². The average Bonchev–Trinajstić information content (AvgIpc) is 2.74. The lowest BCUT2D eigenvalue weighted by Gasteiger charge is -2.12. The Morgan fingerprint density at radius 2 is 1.57 bits per heavy atom. The summed E-state index contributed by atoms with van der Waals surface area (Å²) in [5.74, 6) is -0.231. The molecule has 0 radical (unpaired) electrons. The lowest BCUT2D eigenvalue weighted by atomic mass is 10.0. The highest BCUT2D eigenvalue weighted by Gasteiger charge is 2.11. The normalized spacial score (nSPS) is 10.6. The van der Waals surface area contributed by atoms with Gasteiger partial charge in [-0.3, -0.25) is 4.98 Å². The van der Waals surface area contributed by atoms with Crippen molar-refractivity contribution in [2.24, 2.45) is 0 Å². The molecule has 0 aliphatic carbocycles. The maximum atomic E-state index is 10.4. The van der Waals surface area contributed by atoms with Gasteiger partial charge in [-0.1, -0.05) is 60.7 Å². The average molecular weight is 377 g/mol. The largest absolute Gasteiger partial charge is 0.480 e. The Kier molecular flexibility index (Phi) is 7.09. The van der Waals surface area contributed by atoms with Gasteiger partial charge in [-0.05, 0) is 12.8 Å². The van der Waals surface area contributed by atoms with Crippen LogP contribution < -0.4 is 5.32 Å². The number of hydrogen-bond acceptors (Lipinski definition) is 5. The van der Waals surface area contributed by atoms with Crippen LogP contribution in [0.5, 0.6) is 0 Å². The summed E-state index contributed by atoms with van der Waals surface area (Å²) in [5, 5.41) is 11.8. The van der Waals surface area contributed by atoms with Crippen molar-refractivity contribution in [2.45, 2.75) is 12.8 Å². The smallest absolute Gasteiger partial charge is 0.329 e. The summed E-state index contributed by atoms with van der Waals surface area (Å²) < 4.78 is 5.03. The zero-order valence-electron chi connectivity index (χ0n) is 15.5. The van der Waals surface area contributed by atoms with Gasteiger partial charge < -0.3 is 15.2 Å². The van der Waals surface area contributed by atoms with Gasteiger partial charge in [0.15, 0.2) is 0 Å². The number of aliphatic carboxylic acids is 1. The van der Waals surface area contributed by atoms with E-state index >= 15 is 0 Å². The van der Waals surface area contributed by atoms with Gasteiger partial charge in [0.25, 0.3) is 0 Å². The van der Waals surface area contributed by atoms with Crippen LogP contribution in [0, 0.1) is 0 Å². The van der Waals surface area contributed by atoms with Gasteiger partial charge in [-0.25, -0.2) is 9.78 Å². The van der Waals surface area contributed by atoms with Gasteiger partial charge in [0, 0.05) is 24.3 Å². The Morgan fingerprint density at radius 1 is 0.929 bits per heavy atom. The molecule has 144 valence electrons. The lowest BCUT2D eigenvalue weighted by molar-refractivity contribution is -0.142. The van der Waals surface area contributed by atoms with Crippen molar-refractivity contribution >= 4 is 11.8 Å². The van der Waals surface area contributed by atoms with Crippen molar-refractivity contribution in [3.8, 4) is 22.5 Å². The highest BCUT2D eigenvalue weighted by atomic mass is 16.5. The van der Waals surface area contributed by atoms with Gasteiger partial charge >= 0.3 is 5.97 Å². The molecular weight excluding hydrogens is 354 g/mol. The first kappa shape index (κ1) is 19.5. The van der Waals surface area contributed by atoms with Crippen molar-refractivity contribution < 1.29 is 14.6 Å². The number of aromatic nitrogens is 2. The molecule has 2 N–H and O–H groups in total. The Morgan fingerprint density at radius 3 is 2.21 bits per heavy atom. The summed E-state index contributed by atoms with van der Waals surface area (Å²) in [7, 11) is 0. The van der Waals surface area contributed by atoms with Gasteiger partial charge in [-0.15, -0.1) is 0 Å². The maximum Gasteiger partial charge on any atom is 0.329 e. The Hall–Kier alpha value is -3.25. The van der Waals surface area contributed by atoms with E-state index in [0.29, 0.717) is 19.0 Å². The Balaban J connectivity index is 1.68. The van der Waals surface area contributed by atoms with Crippen molar-refractivity contribution in [3.63, 3.8) is 0 Å². The molecule has 6 heteroatoms. The molecule has 0 saturated heterocycles. The lowest BCUT2D eigenvalue weighted by Crippen LogP contribution is -2.09. The van der Waals surface area contributed by atoms with Crippen LogP contribution in [0.3, 0.4) is 0 Å². The van der Waals surface area contributed by atoms with Crippen molar-refractivity contribution in [3.05, 3.63) is 66.9 Å². The molecule has 1 heterocycles. The van der Waals surface area contributed by atoms with E-state index in [1.807, 2.05) is 60.7 Å². The minimum atomic E-state index is -0.944. The zero-order chi connectivity index (χ0) is 19.6. The summed E-state index contributed by atoms with van der Waals surface area (Å²) >= 11 is 0. The van der Waals surface area contributed by atoms with Crippen LogP contribution >= 0.6 is 0 Å². The Labute approximate surface area is 164 Å². The second-order valence-electron chi connectivity index (χ2n) is 6.26. The summed E-state index contributed by atoms with van der Waals surface area (Å²) in [6, 6.07) is 20.0. The van der Waals surface area contributed by atoms with E-state index < -0.39 is 5.97 Å². The molecule has 2 aromatic carbocycles. The predicted octanol–water partition coefficient (Wildman–Crippen LogP) is 4.10. The third kappa shape index (κ3) is 5.62. The van der Waals surface area contributed by atoms with E-state index in [0.717, 1.165) is 35.4 Å². The molecule has 28 heavy (non-hydrogen) atoms. The molecule has 0 aliphatic heterocycles. The minimum absolute atomic E-state index is 0.250. The third-order valence-corrected chi connectivity index (χ3v) is 4.11. The molecule has 3 aromatic rings. The van der Waals surface area contributed by atoms with Crippen LogP contribution in [0.4, 0.5) is 5.82 Å².